The van der Waals surface area contributed by atoms with Crippen molar-refractivity contribution in [3.8, 4) is 5.75 Å². The molecule has 1 N–H and O–H groups in total. The van der Waals surface area contributed by atoms with Gasteiger partial charge in [0.15, 0.2) is 0 Å². The average Bonchev–Trinajstić information content (AvgIpc) is 2.90. The van der Waals surface area contributed by atoms with Crippen LogP contribution in [0, 0.1) is 0 Å². The standard InChI is InChI=1S/C35H62O3/c1-8-11-12-13-14-15-16-17-18-19-20-21-22-23-24-25-26-38-33(37)29-27-30(34(4,5)9-2)32(36)31(28-29)35(6,7)10-3/h27-28,36H,8-26H2,1-7H3. The van der Waals surface area contributed by atoms with Crippen molar-refractivity contribution in [2.45, 2.75) is 175 Å². The summed E-state index contributed by atoms with van der Waals surface area (Å²) in [5.41, 5.74) is 1.81. The van der Waals surface area contributed by atoms with Gasteiger partial charge in [0.1, 0.15) is 5.75 Å². The number of carbonyl (C=O) groups excluding carboxylic acids is 1. The van der Waals surface area contributed by atoms with E-state index >= 15 is 0 Å². The van der Waals surface area contributed by atoms with Crippen LogP contribution in [-0.2, 0) is 15.6 Å². The number of unbranched alkanes of at least 4 members (excludes halogenated alkanes) is 15. The molecule has 0 aliphatic heterocycles. The number of phenols is 1. The molecule has 0 bridgehead atoms. The third kappa shape index (κ3) is 12.6. The molecule has 0 saturated heterocycles. The van der Waals surface area contributed by atoms with Crippen LogP contribution in [0.1, 0.15) is 186 Å². The van der Waals surface area contributed by atoms with E-state index in [1.165, 1.54) is 89.9 Å². The maximum Gasteiger partial charge on any atom is 0.338 e. The molecule has 38 heavy (non-hydrogen) atoms. The molecular formula is C35H62O3. The summed E-state index contributed by atoms with van der Waals surface area (Å²) < 4.78 is 5.67. The van der Waals surface area contributed by atoms with Gasteiger partial charge >= 0.3 is 5.97 Å². The Kier molecular flexibility index (Phi) is 17.0. The Hall–Kier alpha value is -1.51. The molecule has 0 unspecified atom stereocenters. The van der Waals surface area contributed by atoms with Crippen LogP contribution in [0.4, 0.5) is 0 Å². The summed E-state index contributed by atoms with van der Waals surface area (Å²) in [5.74, 6) is 0.0605. The first-order valence-electron chi connectivity index (χ1n) is 16.2. The Balaban J connectivity index is 2.31. The first-order chi connectivity index (χ1) is 18.1. The van der Waals surface area contributed by atoms with E-state index in [0.29, 0.717) is 17.9 Å². The van der Waals surface area contributed by atoms with E-state index in [4.69, 9.17) is 4.74 Å². The van der Waals surface area contributed by atoms with Crippen molar-refractivity contribution in [1.29, 1.82) is 0 Å². The highest BCUT2D eigenvalue weighted by molar-refractivity contribution is 5.90. The zero-order valence-electron chi connectivity index (χ0n) is 26.4. The summed E-state index contributed by atoms with van der Waals surface area (Å²) >= 11 is 0. The largest absolute Gasteiger partial charge is 0.507 e. The molecule has 0 amide bonds. The number of esters is 1. The van der Waals surface area contributed by atoms with Crippen LogP contribution < -0.4 is 0 Å². The van der Waals surface area contributed by atoms with Gasteiger partial charge in [0.05, 0.1) is 12.2 Å². The highest BCUT2D eigenvalue weighted by Gasteiger charge is 2.31. The van der Waals surface area contributed by atoms with Crippen molar-refractivity contribution in [3.05, 3.63) is 28.8 Å². The van der Waals surface area contributed by atoms with Crippen LogP contribution in [0.3, 0.4) is 0 Å². The molecule has 3 heteroatoms. The Morgan fingerprint density at radius 3 is 1.32 bits per heavy atom. The fourth-order valence-electron chi connectivity index (χ4n) is 5.06. The molecule has 0 aliphatic rings. The first-order valence-corrected chi connectivity index (χ1v) is 16.2. The molecule has 0 spiro atoms. The van der Waals surface area contributed by atoms with Crippen LogP contribution in [0.5, 0.6) is 5.75 Å². The first kappa shape index (κ1) is 34.5. The molecule has 0 fully saturated rings. The Bertz CT molecular complexity index is 740. The van der Waals surface area contributed by atoms with E-state index in [-0.39, 0.29) is 16.8 Å². The van der Waals surface area contributed by atoms with Crippen molar-refractivity contribution in [1.82, 2.24) is 0 Å². The van der Waals surface area contributed by atoms with E-state index in [1.54, 1.807) is 0 Å². The minimum atomic E-state index is -0.271. The van der Waals surface area contributed by atoms with Gasteiger partial charge in [0.2, 0.25) is 0 Å². The van der Waals surface area contributed by atoms with E-state index in [9.17, 15) is 9.90 Å². The van der Waals surface area contributed by atoms with Gasteiger partial charge in [-0.1, -0.05) is 145 Å². The fourth-order valence-corrected chi connectivity index (χ4v) is 5.06. The minimum Gasteiger partial charge on any atom is -0.507 e. The summed E-state index contributed by atoms with van der Waals surface area (Å²) in [6.45, 7) is 15.5. The van der Waals surface area contributed by atoms with E-state index in [2.05, 4.69) is 48.5 Å². The number of hydrogen-bond donors (Lipinski definition) is 1. The summed E-state index contributed by atoms with van der Waals surface area (Å²) in [5, 5.41) is 11.1. The van der Waals surface area contributed by atoms with Gasteiger partial charge in [-0.05, 0) is 42.2 Å². The molecule has 0 saturated carbocycles. The predicted octanol–water partition coefficient (Wildman–Crippen LogP) is 11.2. The maximum absolute atomic E-state index is 12.9. The normalized spacial score (nSPS) is 12.2. The number of carbonyl (C=O) groups is 1. The van der Waals surface area contributed by atoms with Gasteiger partial charge in [-0.3, -0.25) is 0 Å². The smallest absolute Gasteiger partial charge is 0.338 e. The highest BCUT2D eigenvalue weighted by atomic mass is 16.5. The molecule has 220 valence electrons. The second kappa shape index (κ2) is 18.7. The van der Waals surface area contributed by atoms with Crippen molar-refractivity contribution in [2.24, 2.45) is 0 Å². The van der Waals surface area contributed by atoms with Crippen molar-refractivity contribution >= 4 is 5.97 Å². The molecule has 1 aromatic rings. The zero-order valence-corrected chi connectivity index (χ0v) is 26.4. The Labute approximate surface area is 236 Å². The predicted molar refractivity (Wildman–Crippen MR) is 165 cm³/mol. The van der Waals surface area contributed by atoms with Crippen molar-refractivity contribution in [3.63, 3.8) is 0 Å². The van der Waals surface area contributed by atoms with Crippen molar-refractivity contribution in [2.75, 3.05) is 6.61 Å². The van der Waals surface area contributed by atoms with Gasteiger partial charge in [-0.2, -0.15) is 0 Å². The molecule has 1 rings (SSSR count). The van der Waals surface area contributed by atoms with Crippen LogP contribution in [0.2, 0.25) is 0 Å². The monoisotopic (exact) mass is 530 g/mol. The van der Waals surface area contributed by atoms with Crippen LogP contribution in [0.15, 0.2) is 12.1 Å². The Morgan fingerprint density at radius 2 is 0.974 bits per heavy atom. The van der Waals surface area contributed by atoms with Gasteiger partial charge < -0.3 is 9.84 Å². The number of aromatic hydroxyl groups is 1. The van der Waals surface area contributed by atoms with E-state index in [0.717, 1.165) is 36.8 Å². The fraction of sp³-hybridized carbons (Fsp3) is 0.800. The molecule has 0 aromatic heterocycles. The molecule has 3 nitrogen and oxygen atoms in total. The Morgan fingerprint density at radius 1 is 0.632 bits per heavy atom. The third-order valence-corrected chi connectivity index (χ3v) is 8.80. The molecule has 0 heterocycles. The van der Waals surface area contributed by atoms with Crippen LogP contribution >= 0.6 is 0 Å². The summed E-state index contributed by atoms with van der Waals surface area (Å²) in [4.78, 5) is 12.9. The van der Waals surface area contributed by atoms with E-state index < -0.39 is 0 Å². The van der Waals surface area contributed by atoms with Gasteiger partial charge in [-0.25, -0.2) is 4.79 Å². The number of ether oxygens (including phenoxy) is 1. The lowest BCUT2D eigenvalue weighted by Gasteiger charge is -2.31. The molecule has 0 radical (unpaired) electrons. The van der Waals surface area contributed by atoms with E-state index in [1.807, 2.05) is 12.1 Å². The minimum absolute atomic E-state index is 0.215. The van der Waals surface area contributed by atoms with Gasteiger partial charge in [0.25, 0.3) is 0 Å². The second-order valence-electron chi connectivity index (χ2n) is 12.8. The quantitative estimate of drug-likeness (QED) is 0.120. The maximum atomic E-state index is 12.9. The molecule has 0 aliphatic carbocycles. The molecular weight excluding hydrogens is 468 g/mol. The topological polar surface area (TPSA) is 46.5 Å². The van der Waals surface area contributed by atoms with Crippen LogP contribution in [0.25, 0.3) is 0 Å². The lowest BCUT2D eigenvalue weighted by Crippen LogP contribution is -2.22. The summed E-state index contributed by atoms with van der Waals surface area (Å²) in [6, 6.07) is 3.70. The van der Waals surface area contributed by atoms with Gasteiger partial charge in [-0.15, -0.1) is 0 Å². The lowest BCUT2D eigenvalue weighted by atomic mass is 9.75. The second-order valence-corrected chi connectivity index (χ2v) is 12.8. The number of rotatable bonds is 22. The average molecular weight is 531 g/mol. The number of hydrogen-bond acceptors (Lipinski definition) is 3. The van der Waals surface area contributed by atoms with Gasteiger partial charge in [0, 0.05) is 11.1 Å². The SMILES string of the molecule is CCCCCCCCCCCCCCCCCCOC(=O)c1cc(C(C)(C)CC)c(O)c(C(C)(C)CC)c1. The number of benzene rings is 1. The molecule has 0 atom stereocenters. The van der Waals surface area contributed by atoms with Crippen LogP contribution in [-0.4, -0.2) is 17.7 Å². The zero-order chi connectivity index (χ0) is 28.4. The summed E-state index contributed by atoms with van der Waals surface area (Å²) in [7, 11) is 0. The van der Waals surface area contributed by atoms with Crippen molar-refractivity contribution < 1.29 is 14.6 Å². The highest BCUT2D eigenvalue weighted by Crippen LogP contribution is 2.42. The summed E-state index contributed by atoms with van der Waals surface area (Å²) in [6.07, 6.45) is 23.1. The number of phenolic OH excluding ortho intramolecular Hbond substituents is 1. The molecule has 1 aromatic carbocycles. The third-order valence-electron chi connectivity index (χ3n) is 8.80. The lowest BCUT2D eigenvalue weighted by molar-refractivity contribution is 0.0497.